The number of ether oxygens (including phenoxy) is 1. The third kappa shape index (κ3) is 4.58. The Hall–Kier alpha value is -2.38. The van der Waals surface area contributed by atoms with Crippen LogP contribution in [0.1, 0.15) is 17.2 Å². The van der Waals surface area contributed by atoms with Gasteiger partial charge in [-0.25, -0.2) is 4.39 Å². The second kappa shape index (κ2) is 7.67. The van der Waals surface area contributed by atoms with Crippen molar-refractivity contribution in [2.24, 2.45) is 0 Å². The van der Waals surface area contributed by atoms with Gasteiger partial charge in [-0.15, -0.1) is 0 Å². The molecule has 2 amide bonds. The largest absolute Gasteiger partial charge is 0.491 e. The number of carbonyl (C=O) groups excluding carboxylic acids is 2. The summed E-state index contributed by atoms with van der Waals surface area (Å²) < 4.78 is 18.7. The summed E-state index contributed by atoms with van der Waals surface area (Å²) in [7, 11) is 0. The van der Waals surface area contributed by atoms with Gasteiger partial charge in [0.1, 0.15) is 24.3 Å². The zero-order valence-corrected chi connectivity index (χ0v) is 14.0. The summed E-state index contributed by atoms with van der Waals surface area (Å²) in [5.74, 6) is -0.124. The Kier molecular flexibility index (Phi) is 5.35. The highest BCUT2D eigenvalue weighted by Gasteiger charge is 2.31. The Morgan fingerprint density at radius 2 is 1.96 bits per heavy atom. The molecule has 130 valence electrons. The van der Waals surface area contributed by atoms with Gasteiger partial charge in [0.15, 0.2) is 0 Å². The van der Waals surface area contributed by atoms with Crippen molar-refractivity contribution in [1.82, 2.24) is 5.32 Å². The van der Waals surface area contributed by atoms with Crippen molar-refractivity contribution in [1.29, 1.82) is 0 Å². The van der Waals surface area contributed by atoms with Gasteiger partial charge in [-0.05, 0) is 41.8 Å². The van der Waals surface area contributed by atoms with E-state index in [-0.39, 0.29) is 17.8 Å². The number of halogens is 1. The van der Waals surface area contributed by atoms with Crippen molar-refractivity contribution in [3.05, 3.63) is 65.5 Å². The summed E-state index contributed by atoms with van der Waals surface area (Å²) in [4.78, 5) is 22.7. The molecule has 0 aliphatic carbocycles. The molecule has 2 aromatic rings. The third-order valence-electron chi connectivity index (χ3n) is 3.75. The normalized spacial score (nSPS) is 18.1. The molecule has 1 saturated heterocycles. The van der Waals surface area contributed by atoms with E-state index in [4.69, 9.17) is 4.74 Å². The first-order valence-corrected chi connectivity index (χ1v) is 8.56. The molecule has 0 saturated carbocycles. The lowest BCUT2D eigenvalue weighted by molar-refractivity contribution is -0.118. The van der Waals surface area contributed by atoms with E-state index in [9.17, 15) is 19.1 Å². The number of imide groups is 1. The maximum absolute atomic E-state index is 13.2. The van der Waals surface area contributed by atoms with Gasteiger partial charge in [0, 0.05) is 0 Å². The highest BCUT2D eigenvalue weighted by Crippen LogP contribution is 2.24. The predicted molar refractivity (Wildman–Crippen MR) is 91.9 cm³/mol. The SMILES string of the molecule is O=C1NC(=O)C(Cc2ccc(OC[C@H](O)c3cccc(F)c3)cc2)S1. The molecule has 25 heavy (non-hydrogen) atoms. The zero-order valence-electron chi connectivity index (χ0n) is 13.1. The van der Waals surface area contributed by atoms with Crippen LogP contribution in [0.5, 0.6) is 5.75 Å². The van der Waals surface area contributed by atoms with Crippen molar-refractivity contribution in [3.8, 4) is 5.75 Å². The first kappa shape index (κ1) is 17.4. The summed E-state index contributed by atoms with van der Waals surface area (Å²) >= 11 is 0.991. The molecule has 3 rings (SSSR count). The summed E-state index contributed by atoms with van der Waals surface area (Å²) in [6.45, 7) is -0.00180. The number of benzene rings is 2. The minimum Gasteiger partial charge on any atom is -0.491 e. The summed E-state index contributed by atoms with van der Waals surface area (Å²) in [6.07, 6.45) is -0.478. The first-order chi connectivity index (χ1) is 12.0. The van der Waals surface area contributed by atoms with E-state index in [0.29, 0.717) is 17.7 Å². The van der Waals surface area contributed by atoms with Crippen LogP contribution in [0.25, 0.3) is 0 Å². The molecule has 1 heterocycles. The van der Waals surface area contributed by atoms with Crippen LogP contribution < -0.4 is 10.1 Å². The average Bonchev–Trinajstić information content (AvgIpc) is 2.91. The van der Waals surface area contributed by atoms with E-state index in [1.807, 2.05) is 0 Å². The molecule has 7 heteroatoms. The number of aliphatic hydroxyl groups excluding tert-OH is 1. The fourth-order valence-corrected chi connectivity index (χ4v) is 3.31. The van der Waals surface area contributed by atoms with E-state index >= 15 is 0 Å². The van der Waals surface area contributed by atoms with Crippen LogP contribution in [0.15, 0.2) is 48.5 Å². The second-order valence-corrected chi connectivity index (χ2v) is 6.79. The van der Waals surface area contributed by atoms with E-state index in [0.717, 1.165) is 17.3 Å². The van der Waals surface area contributed by atoms with Gasteiger partial charge in [0.2, 0.25) is 5.91 Å². The van der Waals surface area contributed by atoms with Crippen LogP contribution in [0.3, 0.4) is 0 Å². The standard InChI is InChI=1S/C18H16FNO4S/c19-13-3-1-2-12(9-13)15(21)10-24-14-6-4-11(5-7-14)8-16-17(22)20-18(23)25-16/h1-7,9,15-16,21H,8,10H2,(H,20,22,23)/t15-,16?/m0/s1. The molecule has 2 N–H and O–H groups in total. The number of carbonyl (C=O) groups is 2. The minimum atomic E-state index is -0.931. The third-order valence-corrected chi connectivity index (χ3v) is 4.73. The van der Waals surface area contributed by atoms with Crippen LogP contribution in [-0.4, -0.2) is 28.1 Å². The average molecular weight is 361 g/mol. The lowest BCUT2D eigenvalue weighted by Gasteiger charge is -2.13. The van der Waals surface area contributed by atoms with Crippen molar-refractivity contribution in [2.75, 3.05) is 6.61 Å². The molecule has 1 aliphatic heterocycles. The molecule has 2 aromatic carbocycles. The van der Waals surface area contributed by atoms with Crippen molar-refractivity contribution in [3.63, 3.8) is 0 Å². The number of aliphatic hydroxyl groups is 1. The van der Waals surface area contributed by atoms with Crippen molar-refractivity contribution in [2.45, 2.75) is 17.8 Å². The number of thioether (sulfide) groups is 1. The number of rotatable bonds is 6. The smallest absolute Gasteiger partial charge is 0.286 e. The molecule has 1 aliphatic rings. The number of amides is 2. The molecule has 0 aromatic heterocycles. The Morgan fingerprint density at radius 3 is 2.60 bits per heavy atom. The highest BCUT2D eigenvalue weighted by molar-refractivity contribution is 8.15. The monoisotopic (exact) mass is 361 g/mol. The molecule has 1 fully saturated rings. The van der Waals surface area contributed by atoms with Crippen LogP contribution in [0.4, 0.5) is 9.18 Å². The Morgan fingerprint density at radius 1 is 1.20 bits per heavy atom. The van der Waals surface area contributed by atoms with Crippen LogP contribution in [-0.2, 0) is 11.2 Å². The predicted octanol–water partition coefficient (Wildman–Crippen LogP) is 2.83. The van der Waals surface area contributed by atoms with E-state index in [2.05, 4.69) is 5.32 Å². The molecule has 0 spiro atoms. The van der Waals surface area contributed by atoms with Gasteiger partial charge in [0.25, 0.3) is 5.24 Å². The Bertz CT molecular complexity index is 781. The molecule has 2 atom stereocenters. The van der Waals surface area contributed by atoms with Crippen molar-refractivity contribution >= 4 is 22.9 Å². The molecule has 1 unspecified atom stereocenters. The number of hydrogen-bond acceptors (Lipinski definition) is 5. The quantitative estimate of drug-likeness (QED) is 0.827. The van der Waals surface area contributed by atoms with Gasteiger partial charge in [-0.1, -0.05) is 36.0 Å². The van der Waals surface area contributed by atoms with Crippen LogP contribution in [0, 0.1) is 5.82 Å². The second-order valence-electron chi connectivity index (χ2n) is 5.61. The molecule has 5 nitrogen and oxygen atoms in total. The molecule has 0 radical (unpaired) electrons. The lowest BCUT2D eigenvalue weighted by Crippen LogP contribution is -2.25. The number of hydrogen-bond donors (Lipinski definition) is 2. The van der Waals surface area contributed by atoms with E-state index in [1.54, 1.807) is 30.3 Å². The maximum Gasteiger partial charge on any atom is 0.286 e. The molecule has 0 bridgehead atoms. The van der Waals surface area contributed by atoms with Gasteiger partial charge >= 0.3 is 0 Å². The topological polar surface area (TPSA) is 75.6 Å². The van der Waals surface area contributed by atoms with Gasteiger partial charge in [0.05, 0.1) is 5.25 Å². The van der Waals surface area contributed by atoms with Gasteiger partial charge in [-0.3, -0.25) is 14.9 Å². The number of nitrogens with one attached hydrogen (secondary N) is 1. The summed E-state index contributed by atoms with van der Waals surface area (Å²) in [6, 6.07) is 12.8. The summed E-state index contributed by atoms with van der Waals surface area (Å²) in [5, 5.41) is 11.6. The van der Waals surface area contributed by atoms with Gasteiger partial charge in [-0.2, -0.15) is 0 Å². The Labute approximate surface area is 148 Å². The van der Waals surface area contributed by atoms with Crippen molar-refractivity contribution < 1.29 is 23.8 Å². The Balaban J connectivity index is 1.54. The van der Waals surface area contributed by atoms with E-state index in [1.165, 1.54) is 18.2 Å². The first-order valence-electron chi connectivity index (χ1n) is 7.68. The fraction of sp³-hybridized carbons (Fsp3) is 0.222. The maximum atomic E-state index is 13.2. The van der Waals surface area contributed by atoms with Crippen LogP contribution >= 0.6 is 11.8 Å². The van der Waals surface area contributed by atoms with Crippen LogP contribution in [0.2, 0.25) is 0 Å². The van der Waals surface area contributed by atoms with Gasteiger partial charge < -0.3 is 9.84 Å². The zero-order chi connectivity index (χ0) is 17.8. The highest BCUT2D eigenvalue weighted by atomic mass is 32.2. The fourth-order valence-electron chi connectivity index (χ4n) is 2.45. The van der Waals surface area contributed by atoms with E-state index < -0.39 is 17.2 Å². The molecular weight excluding hydrogens is 345 g/mol. The lowest BCUT2D eigenvalue weighted by atomic mass is 10.1. The minimum absolute atomic E-state index is 0.00180. The summed E-state index contributed by atoms with van der Waals surface area (Å²) in [5.41, 5.74) is 1.35. The molecular formula is C18H16FNO4S.